The molecule has 0 saturated heterocycles. The SMILES string of the molecule is COC(OC)C(C)NC(=O)c1ccccc1N. The molecule has 94 valence electrons. The van der Waals surface area contributed by atoms with E-state index in [-0.39, 0.29) is 11.9 Å². The van der Waals surface area contributed by atoms with Crippen LogP contribution in [0.1, 0.15) is 17.3 Å². The van der Waals surface area contributed by atoms with Crippen LogP contribution in [0.3, 0.4) is 0 Å². The Hall–Kier alpha value is -1.59. The van der Waals surface area contributed by atoms with E-state index in [0.29, 0.717) is 11.3 Å². The highest BCUT2D eigenvalue weighted by Gasteiger charge is 2.19. The molecule has 1 atom stereocenters. The average molecular weight is 238 g/mol. The largest absolute Gasteiger partial charge is 0.398 e. The molecule has 0 spiro atoms. The number of hydrogen-bond acceptors (Lipinski definition) is 4. The van der Waals surface area contributed by atoms with Gasteiger partial charge in [0.2, 0.25) is 0 Å². The lowest BCUT2D eigenvalue weighted by atomic mass is 10.1. The second kappa shape index (κ2) is 6.22. The van der Waals surface area contributed by atoms with Gasteiger partial charge in [-0.1, -0.05) is 12.1 Å². The lowest BCUT2D eigenvalue weighted by Gasteiger charge is -2.22. The molecule has 0 aromatic heterocycles. The maximum Gasteiger partial charge on any atom is 0.253 e. The van der Waals surface area contributed by atoms with E-state index in [9.17, 15) is 4.79 Å². The summed E-state index contributed by atoms with van der Waals surface area (Å²) in [5, 5.41) is 2.77. The first kappa shape index (κ1) is 13.5. The fourth-order valence-corrected chi connectivity index (χ4v) is 1.56. The smallest absolute Gasteiger partial charge is 0.253 e. The van der Waals surface area contributed by atoms with Crippen molar-refractivity contribution in [3.63, 3.8) is 0 Å². The molecule has 0 saturated carbocycles. The zero-order valence-corrected chi connectivity index (χ0v) is 10.3. The Kier molecular flexibility index (Phi) is 4.93. The minimum Gasteiger partial charge on any atom is -0.398 e. The molecule has 17 heavy (non-hydrogen) atoms. The molecule has 0 aliphatic rings. The van der Waals surface area contributed by atoms with Gasteiger partial charge in [0.25, 0.3) is 5.91 Å². The molecule has 0 fully saturated rings. The predicted molar refractivity (Wildman–Crippen MR) is 65.6 cm³/mol. The Morgan fingerprint density at radius 3 is 2.41 bits per heavy atom. The highest BCUT2D eigenvalue weighted by Crippen LogP contribution is 2.11. The summed E-state index contributed by atoms with van der Waals surface area (Å²) in [6.07, 6.45) is -0.483. The first-order valence-corrected chi connectivity index (χ1v) is 5.31. The first-order chi connectivity index (χ1) is 8.10. The highest BCUT2D eigenvalue weighted by atomic mass is 16.7. The van der Waals surface area contributed by atoms with Crippen LogP contribution in [0.15, 0.2) is 24.3 Å². The van der Waals surface area contributed by atoms with Crippen molar-refractivity contribution in [2.45, 2.75) is 19.3 Å². The van der Waals surface area contributed by atoms with Gasteiger partial charge in [-0.05, 0) is 19.1 Å². The molecule has 0 heterocycles. The molecule has 0 radical (unpaired) electrons. The van der Waals surface area contributed by atoms with E-state index in [1.807, 2.05) is 0 Å². The van der Waals surface area contributed by atoms with Crippen LogP contribution in [0.4, 0.5) is 5.69 Å². The van der Waals surface area contributed by atoms with Gasteiger partial charge in [-0.25, -0.2) is 0 Å². The summed E-state index contributed by atoms with van der Waals surface area (Å²) in [6.45, 7) is 1.80. The highest BCUT2D eigenvalue weighted by molar-refractivity contribution is 5.99. The molecule has 5 heteroatoms. The molecule has 1 unspecified atom stereocenters. The Bertz CT molecular complexity index is 378. The van der Waals surface area contributed by atoms with Gasteiger partial charge in [0, 0.05) is 19.9 Å². The van der Waals surface area contributed by atoms with Crippen molar-refractivity contribution in [2.24, 2.45) is 0 Å². The summed E-state index contributed by atoms with van der Waals surface area (Å²) >= 11 is 0. The molecular formula is C12H18N2O3. The Morgan fingerprint density at radius 1 is 1.29 bits per heavy atom. The number of ether oxygens (including phenoxy) is 2. The van der Waals surface area contributed by atoms with Gasteiger partial charge >= 0.3 is 0 Å². The summed E-state index contributed by atoms with van der Waals surface area (Å²) in [5.74, 6) is -0.241. The average Bonchev–Trinajstić information content (AvgIpc) is 2.31. The number of methoxy groups -OCH3 is 2. The number of carbonyl (C=O) groups is 1. The van der Waals surface area contributed by atoms with Crippen LogP contribution in [-0.2, 0) is 9.47 Å². The fourth-order valence-electron chi connectivity index (χ4n) is 1.56. The Labute approximate surface area is 101 Å². The number of nitrogen functional groups attached to an aromatic ring is 1. The van der Waals surface area contributed by atoms with E-state index in [4.69, 9.17) is 15.2 Å². The van der Waals surface area contributed by atoms with Crippen LogP contribution in [0.2, 0.25) is 0 Å². The van der Waals surface area contributed by atoms with Gasteiger partial charge in [-0.2, -0.15) is 0 Å². The van der Waals surface area contributed by atoms with E-state index >= 15 is 0 Å². The maximum atomic E-state index is 11.9. The van der Waals surface area contributed by atoms with E-state index in [2.05, 4.69) is 5.32 Å². The van der Waals surface area contributed by atoms with Gasteiger partial charge in [0.15, 0.2) is 6.29 Å². The number of rotatable bonds is 5. The Morgan fingerprint density at radius 2 is 1.88 bits per heavy atom. The van der Waals surface area contributed by atoms with E-state index in [1.54, 1.807) is 31.2 Å². The van der Waals surface area contributed by atoms with Gasteiger partial charge in [-0.15, -0.1) is 0 Å². The third kappa shape index (κ3) is 3.44. The van der Waals surface area contributed by atoms with Crippen molar-refractivity contribution in [1.82, 2.24) is 5.32 Å². The van der Waals surface area contributed by atoms with E-state index in [1.165, 1.54) is 14.2 Å². The molecule has 1 amide bonds. The van der Waals surface area contributed by atoms with Gasteiger partial charge in [0.05, 0.1) is 11.6 Å². The van der Waals surface area contributed by atoms with Crippen molar-refractivity contribution in [3.05, 3.63) is 29.8 Å². The van der Waals surface area contributed by atoms with Crippen molar-refractivity contribution in [1.29, 1.82) is 0 Å². The molecule has 1 aromatic rings. The maximum absolute atomic E-state index is 11.9. The van der Waals surface area contributed by atoms with Crippen LogP contribution >= 0.6 is 0 Å². The molecule has 3 N–H and O–H groups in total. The van der Waals surface area contributed by atoms with E-state index in [0.717, 1.165) is 0 Å². The molecule has 0 aliphatic heterocycles. The van der Waals surface area contributed by atoms with Crippen LogP contribution < -0.4 is 11.1 Å². The number of benzene rings is 1. The van der Waals surface area contributed by atoms with Gasteiger partial charge < -0.3 is 20.5 Å². The summed E-state index contributed by atoms with van der Waals surface area (Å²) in [7, 11) is 3.04. The van der Waals surface area contributed by atoms with Crippen molar-refractivity contribution in [2.75, 3.05) is 20.0 Å². The van der Waals surface area contributed by atoms with Crippen molar-refractivity contribution in [3.8, 4) is 0 Å². The first-order valence-electron chi connectivity index (χ1n) is 5.31. The number of hydrogen-bond donors (Lipinski definition) is 2. The van der Waals surface area contributed by atoms with Gasteiger partial charge in [0.1, 0.15) is 0 Å². The second-order valence-electron chi connectivity index (χ2n) is 3.69. The number of anilines is 1. The normalized spacial score (nSPS) is 12.5. The molecular weight excluding hydrogens is 220 g/mol. The lowest BCUT2D eigenvalue weighted by molar-refractivity contribution is -0.117. The summed E-state index contributed by atoms with van der Waals surface area (Å²) in [6, 6.07) is 6.63. The molecule has 0 bridgehead atoms. The molecule has 1 rings (SSSR count). The van der Waals surface area contributed by atoms with Crippen LogP contribution in [0, 0.1) is 0 Å². The zero-order chi connectivity index (χ0) is 12.8. The lowest BCUT2D eigenvalue weighted by Crippen LogP contribution is -2.43. The predicted octanol–water partition coefficient (Wildman–Crippen LogP) is 1.01. The van der Waals surface area contributed by atoms with Crippen LogP contribution in [0.5, 0.6) is 0 Å². The minimum atomic E-state index is -0.483. The fraction of sp³-hybridized carbons (Fsp3) is 0.417. The number of amides is 1. The molecule has 1 aromatic carbocycles. The number of nitrogens with one attached hydrogen (secondary N) is 1. The third-order valence-corrected chi connectivity index (χ3v) is 2.44. The van der Waals surface area contributed by atoms with Crippen LogP contribution in [0.25, 0.3) is 0 Å². The van der Waals surface area contributed by atoms with E-state index < -0.39 is 6.29 Å². The molecule has 5 nitrogen and oxygen atoms in total. The minimum absolute atomic E-state index is 0.241. The summed E-state index contributed by atoms with van der Waals surface area (Å²) < 4.78 is 10.1. The zero-order valence-electron chi connectivity index (χ0n) is 10.3. The topological polar surface area (TPSA) is 73.6 Å². The summed E-state index contributed by atoms with van der Waals surface area (Å²) in [5.41, 5.74) is 6.61. The third-order valence-electron chi connectivity index (χ3n) is 2.44. The number of para-hydroxylation sites is 1. The number of carbonyl (C=O) groups excluding carboxylic acids is 1. The van der Waals surface area contributed by atoms with Crippen molar-refractivity contribution < 1.29 is 14.3 Å². The second-order valence-corrected chi connectivity index (χ2v) is 3.69. The Balaban J connectivity index is 2.70. The van der Waals surface area contributed by atoms with Crippen LogP contribution in [-0.4, -0.2) is 32.5 Å². The van der Waals surface area contributed by atoms with Crippen molar-refractivity contribution >= 4 is 11.6 Å². The summed E-state index contributed by atoms with van der Waals surface area (Å²) in [4.78, 5) is 11.9. The quantitative estimate of drug-likeness (QED) is 0.593. The molecule has 0 aliphatic carbocycles. The standard InChI is InChI=1S/C12H18N2O3/c1-8(12(16-2)17-3)14-11(15)9-6-4-5-7-10(9)13/h4-8,12H,13H2,1-3H3,(H,14,15). The monoisotopic (exact) mass is 238 g/mol. The van der Waals surface area contributed by atoms with Gasteiger partial charge in [-0.3, -0.25) is 4.79 Å². The number of nitrogens with two attached hydrogens (primary N) is 1.